The van der Waals surface area contributed by atoms with Gasteiger partial charge in [0.1, 0.15) is 31.5 Å². The van der Waals surface area contributed by atoms with Crippen molar-refractivity contribution in [2.75, 3.05) is 33.0 Å². The molecule has 0 aromatic carbocycles. The Morgan fingerprint density at radius 1 is 0.646 bits per heavy atom. The predicted molar refractivity (Wildman–Crippen MR) is 313 cm³/mol. The van der Waals surface area contributed by atoms with Crippen LogP contribution in [-0.4, -0.2) is 91.6 Å². The zero-order valence-corrected chi connectivity index (χ0v) is 52.4. The highest BCUT2D eigenvalue weighted by Crippen LogP contribution is 2.55. The van der Waals surface area contributed by atoms with Crippen LogP contribution in [0.5, 0.6) is 0 Å². The highest BCUT2D eigenvalue weighted by molar-refractivity contribution is 5.94. The Morgan fingerprint density at radius 3 is 1.78 bits per heavy atom. The van der Waals surface area contributed by atoms with Crippen LogP contribution in [0.25, 0.3) is 0 Å². The van der Waals surface area contributed by atoms with Gasteiger partial charge in [-0.2, -0.15) is 0 Å². The van der Waals surface area contributed by atoms with Crippen LogP contribution in [-0.2, 0) is 57.2 Å². The third-order valence-corrected chi connectivity index (χ3v) is 18.9. The van der Waals surface area contributed by atoms with E-state index in [1.165, 1.54) is 58.3 Å². The van der Waals surface area contributed by atoms with Crippen LogP contribution in [0.4, 0.5) is 0 Å². The number of esters is 5. The van der Waals surface area contributed by atoms with Crippen molar-refractivity contribution in [3.63, 3.8) is 0 Å². The quantitative estimate of drug-likeness (QED) is 0.0246. The van der Waals surface area contributed by atoms with E-state index in [1.54, 1.807) is 0 Å². The number of Topliss-reactive ketones (excluding diaryl/α,β-unsaturated/α-hetero) is 1. The Kier molecular flexibility index (Phi) is 30.7. The van der Waals surface area contributed by atoms with Gasteiger partial charge in [-0.3, -0.25) is 33.6 Å². The van der Waals surface area contributed by atoms with Crippen molar-refractivity contribution < 1.29 is 57.2 Å². The van der Waals surface area contributed by atoms with Crippen molar-refractivity contribution in [1.82, 2.24) is 4.90 Å². The molecule has 0 aromatic heterocycles. The van der Waals surface area contributed by atoms with Gasteiger partial charge in [0.05, 0.1) is 35.4 Å². The summed E-state index contributed by atoms with van der Waals surface area (Å²) in [6, 6.07) is 0.156. The van der Waals surface area contributed by atoms with Gasteiger partial charge in [-0.05, 0) is 148 Å². The number of nitrogens with zero attached hydrogens (tertiary/aromatic N) is 1. The van der Waals surface area contributed by atoms with Crippen LogP contribution in [0.2, 0.25) is 0 Å². The molecule has 456 valence electrons. The van der Waals surface area contributed by atoms with E-state index >= 15 is 0 Å². The first-order valence-corrected chi connectivity index (χ1v) is 32.0. The van der Waals surface area contributed by atoms with E-state index in [4.69, 9.17) is 23.7 Å². The first-order chi connectivity index (χ1) is 37.3. The maximum atomic E-state index is 14.5. The molecule has 3 fully saturated rings. The molecule has 0 N–H and O–H groups in total. The number of unbranched alkanes of at least 4 members (excludes halogenated alkanes) is 9. The minimum atomic E-state index is -0.946. The molecule has 1 amide bonds. The van der Waals surface area contributed by atoms with E-state index in [0.29, 0.717) is 83.2 Å². The lowest BCUT2D eigenvalue weighted by molar-refractivity contribution is -0.167. The first kappa shape index (κ1) is 69.8. The number of rotatable bonds is 41. The molecule has 8 atom stereocenters. The Bertz CT molecular complexity index is 1880. The van der Waals surface area contributed by atoms with E-state index in [1.807, 2.05) is 55.4 Å². The second kappa shape index (κ2) is 34.8. The largest absolute Gasteiger partial charge is 0.465 e. The van der Waals surface area contributed by atoms with Crippen molar-refractivity contribution in [3.8, 4) is 0 Å². The normalized spacial score (nSPS) is 21.5. The molecule has 0 aromatic rings. The number of hydrogen-bond donors (Lipinski definition) is 0. The van der Waals surface area contributed by atoms with Crippen LogP contribution in [0.15, 0.2) is 0 Å². The number of hydrogen-bond acceptors (Lipinski definition) is 12. The van der Waals surface area contributed by atoms with E-state index < -0.39 is 33.6 Å². The number of carbonyl (C=O) groups excluding carboxylic acids is 7. The summed E-state index contributed by atoms with van der Waals surface area (Å²) in [5.41, 5.74) is -3.22. The average molecular weight is 1110 g/mol. The maximum Gasteiger partial charge on any atom is 0.313 e. The topological polar surface area (TPSA) is 169 Å². The summed E-state index contributed by atoms with van der Waals surface area (Å²) >= 11 is 0. The number of carbonyl (C=O) groups is 7. The minimum absolute atomic E-state index is 0.0353. The standard InChI is InChI=1S/C66H115NO12/c1-13-15-16-17-18-19-20-21-22-26-43-76-59(72)63(9,36-28-32-53(58(71)79-55-47-52-35-41-65(55,11)48-52)31-27-33-54(14-2)67-42-25-23-24-34-56(67)69)37-29-38-64(10,60(73)78-49-50(3)4)39-30-40-66(12,62(6,7)8)61(74)77-45-44-75-57(70)46-51(5)68/h50,52-55H,13-49H2,1-12H3. The predicted octanol–water partition coefficient (Wildman–Crippen LogP) is 15.4. The van der Waals surface area contributed by atoms with Gasteiger partial charge in [-0.25, -0.2) is 0 Å². The van der Waals surface area contributed by atoms with E-state index in [9.17, 15) is 33.6 Å². The summed E-state index contributed by atoms with van der Waals surface area (Å²) in [4.78, 5) is 95.4. The lowest BCUT2D eigenvalue weighted by Crippen LogP contribution is -2.42. The van der Waals surface area contributed by atoms with Gasteiger partial charge in [0, 0.05) is 24.4 Å². The van der Waals surface area contributed by atoms with Gasteiger partial charge >= 0.3 is 29.8 Å². The van der Waals surface area contributed by atoms with Crippen LogP contribution in [0.3, 0.4) is 0 Å². The molecular weight excluding hydrogens is 999 g/mol. The molecule has 0 radical (unpaired) electrons. The molecular formula is C66H115NO12. The summed E-state index contributed by atoms with van der Waals surface area (Å²) < 4.78 is 29.4. The zero-order chi connectivity index (χ0) is 58.7. The van der Waals surface area contributed by atoms with Crippen LogP contribution >= 0.6 is 0 Å². The van der Waals surface area contributed by atoms with Gasteiger partial charge in [0.25, 0.3) is 0 Å². The summed E-state index contributed by atoms with van der Waals surface area (Å²) in [5.74, 6) is -1.37. The van der Waals surface area contributed by atoms with Gasteiger partial charge in [0.15, 0.2) is 0 Å². The molecule has 2 aliphatic carbocycles. The summed E-state index contributed by atoms with van der Waals surface area (Å²) in [6.45, 7) is 24.9. The Hall–Kier alpha value is -3.51. The second-order valence-corrected chi connectivity index (χ2v) is 27.4. The zero-order valence-electron chi connectivity index (χ0n) is 52.4. The number of fused-ring (bicyclic) bond motifs is 2. The molecule has 1 saturated heterocycles. The molecule has 1 aliphatic heterocycles. The number of ether oxygens (including phenoxy) is 5. The van der Waals surface area contributed by atoms with Crippen molar-refractivity contribution in [2.24, 2.45) is 44.8 Å². The Balaban J connectivity index is 1.80. The fraction of sp³-hybridized carbons (Fsp3) is 0.894. The van der Waals surface area contributed by atoms with Gasteiger partial charge in [-0.15, -0.1) is 0 Å². The SMILES string of the molecule is CCCCCCCCCCCCOC(=O)C(C)(CCCC(CCCC(CC)N1CCCCCC1=O)C(=O)OC1CC2CCC1(C)C2)CCCC(C)(CCCC(C)(C(=O)OCCOC(=O)CC(C)=O)C(C)(C)C)C(=O)OCC(C)C. The minimum Gasteiger partial charge on any atom is -0.465 e. The molecule has 2 bridgehead atoms. The molecule has 13 nitrogen and oxygen atoms in total. The van der Waals surface area contributed by atoms with E-state index in [0.717, 1.165) is 83.6 Å². The fourth-order valence-corrected chi connectivity index (χ4v) is 12.8. The van der Waals surface area contributed by atoms with Crippen LogP contribution in [0, 0.1) is 44.8 Å². The molecule has 2 saturated carbocycles. The Labute approximate surface area is 480 Å². The summed E-state index contributed by atoms with van der Waals surface area (Å²) in [7, 11) is 0. The van der Waals surface area contributed by atoms with Crippen molar-refractivity contribution in [2.45, 2.75) is 301 Å². The van der Waals surface area contributed by atoms with Crippen molar-refractivity contribution in [1.29, 1.82) is 0 Å². The summed E-state index contributed by atoms with van der Waals surface area (Å²) in [6.07, 6.45) is 27.3. The van der Waals surface area contributed by atoms with Gasteiger partial charge in [-0.1, -0.05) is 145 Å². The molecule has 3 rings (SSSR count). The van der Waals surface area contributed by atoms with Crippen LogP contribution in [0.1, 0.15) is 289 Å². The third kappa shape index (κ3) is 23.7. The molecule has 8 unspecified atom stereocenters. The first-order valence-electron chi connectivity index (χ1n) is 32.0. The lowest BCUT2D eigenvalue weighted by Gasteiger charge is -2.40. The molecule has 13 heteroatoms. The monoisotopic (exact) mass is 1110 g/mol. The van der Waals surface area contributed by atoms with Crippen molar-refractivity contribution >= 4 is 41.5 Å². The lowest BCUT2D eigenvalue weighted by atomic mass is 9.64. The van der Waals surface area contributed by atoms with E-state index in [2.05, 4.69) is 25.7 Å². The molecule has 79 heavy (non-hydrogen) atoms. The highest BCUT2D eigenvalue weighted by atomic mass is 16.6. The number of amides is 1. The maximum absolute atomic E-state index is 14.5. The van der Waals surface area contributed by atoms with Crippen LogP contribution < -0.4 is 0 Å². The molecule has 0 spiro atoms. The van der Waals surface area contributed by atoms with Crippen molar-refractivity contribution in [3.05, 3.63) is 0 Å². The number of ketones is 1. The molecule has 3 aliphatic rings. The third-order valence-electron chi connectivity index (χ3n) is 18.9. The highest BCUT2D eigenvalue weighted by Gasteiger charge is 2.51. The average Bonchev–Trinajstić information content (AvgIpc) is 3.99. The fourth-order valence-electron chi connectivity index (χ4n) is 12.8. The molecule has 1 heterocycles. The van der Waals surface area contributed by atoms with E-state index in [-0.39, 0.29) is 85.2 Å². The van der Waals surface area contributed by atoms with Gasteiger partial charge < -0.3 is 28.6 Å². The summed E-state index contributed by atoms with van der Waals surface area (Å²) in [5, 5.41) is 0. The smallest absolute Gasteiger partial charge is 0.313 e. The second-order valence-electron chi connectivity index (χ2n) is 27.4. The number of likely N-dealkylation sites (tertiary alicyclic amines) is 1. The Morgan fingerprint density at radius 2 is 1.22 bits per heavy atom. The van der Waals surface area contributed by atoms with Gasteiger partial charge in [0.2, 0.25) is 5.91 Å².